The molecule has 2 nitrogen and oxygen atoms in total. The molecule has 1 heterocycles. The third kappa shape index (κ3) is 3.90. The lowest BCUT2D eigenvalue weighted by atomic mass is 10.1. The van der Waals surface area contributed by atoms with Crippen LogP contribution in [0.2, 0.25) is 0 Å². The third-order valence-corrected chi connectivity index (χ3v) is 2.28. The van der Waals surface area contributed by atoms with Crippen molar-refractivity contribution < 1.29 is 5.11 Å². The van der Waals surface area contributed by atoms with E-state index in [4.69, 9.17) is 0 Å². The Morgan fingerprint density at radius 1 is 1.29 bits per heavy atom. The average Bonchev–Trinajstić information content (AvgIpc) is 2.15. The van der Waals surface area contributed by atoms with E-state index in [-0.39, 0.29) is 6.10 Å². The van der Waals surface area contributed by atoms with Gasteiger partial charge in [0.25, 0.3) is 0 Å². The molecule has 0 amide bonds. The van der Waals surface area contributed by atoms with Crippen molar-refractivity contribution in [1.82, 2.24) is 5.32 Å². The van der Waals surface area contributed by atoms with Gasteiger partial charge >= 0.3 is 0 Å². The summed E-state index contributed by atoms with van der Waals surface area (Å²) in [6, 6.07) is 9.70. The quantitative estimate of drug-likeness (QED) is 0.754. The molecular weight excluding hydrogens is 174 g/mol. The minimum Gasteiger partial charge on any atom is -0.388 e. The van der Waals surface area contributed by atoms with E-state index in [2.05, 4.69) is 5.32 Å². The van der Waals surface area contributed by atoms with Crippen molar-refractivity contribution in [3.05, 3.63) is 35.9 Å². The summed E-state index contributed by atoms with van der Waals surface area (Å²) in [4.78, 5) is 0. The summed E-state index contributed by atoms with van der Waals surface area (Å²) in [6.07, 6.45) is 1.88. The third-order valence-electron chi connectivity index (χ3n) is 2.28. The molecule has 0 spiro atoms. The highest BCUT2D eigenvalue weighted by Gasteiger charge is 2.00. The largest absolute Gasteiger partial charge is 0.388 e. The van der Waals surface area contributed by atoms with E-state index in [0.29, 0.717) is 0 Å². The molecule has 1 aromatic carbocycles. The first-order valence-corrected chi connectivity index (χ1v) is 5.28. The summed E-state index contributed by atoms with van der Waals surface area (Å²) < 4.78 is 0. The summed E-state index contributed by atoms with van der Waals surface area (Å²) in [5.74, 6) is 0. The second-order valence-electron chi connectivity index (χ2n) is 3.44. The molecule has 2 N–H and O–H groups in total. The molecule has 1 aliphatic rings. The molecule has 1 aliphatic heterocycles. The van der Waals surface area contributed by atoms with Gasteiger partial charge in [-0.05, 0) is 31.5 Å². The average molecular weight is 193 g/mol. The van der Waals surface area contributed by atoms with Crippen LogP contribution in [0.4, 0.5) is 0 Å². The van der Waals surface area contributed by atoms with E-state index in [1.807, 2.05) is 37.3 Å². The first kappa shape index (κ1) is 11.2. The molecule has 1 atom stereocenters. The molecule has 0 saturated carbocycles. The van der Waals surface area contributed by atoms with E-state index in [0.717, 1.165) is 12.0 Å². The fourth-order valence-corrected chi connectivity index (χ4v) is 1.09. The Balaban J connectivity index is 0.000000203. The van der Waals surface area contributed by atoms with Crippen LogP contribution in [0.5, 0.6) is 0 Å². The monoisotopic (exact) mass is 193 g/mol. The van der Waals surface area contributed by atoms with Crippen molar-refractivity contribution in [2.45, 2.75) is 25.9 Å². The van der Waals surface area contributed by atoms with Gasteiger partial charge in [-0.25, -0.2) is 0 Å². The van der Waals surface area contributed by atoms with Crippen LogP contribution in [-0.2, 0) is 0 Å². The number of hydrogen-bond acceptors (Lipinski definition) is 2. The second-order valence-corrected chi connectivity index (χ2v) is 3.44. The standard InChI is InChI=1S/C9H12O.C3H7N/c1-2-9(10)8-6-4-3-5-7-8;1-2-4-3-1/h3-7,9-10H,2H2,1H3;4H,1-3H2. The van der Waals surface area contributed by atoms with Crippen molar-refractivity contribution in [3.63, 3.8) is 0 Å². The summed E-state index contributed by atoms with van der Waals surface area (Å²) in [5, 5.41) is 12.4. The fraction of sp³-hybridized carbons (Fsp3) is 0.500. The predicted octanol–water partition coefficient (Wildman–Crippen LogP) is 2.11. The van der Waals surface area contributed by atoms with E-state index < -0.39 is 0 Å². The zero-order valence-corrected chi connectivity index (χ0v) is 8.74. The van der Waals surface area contributed by atoms with E-state index in [1.165, 1.54) is 19.5 Å². The zero-order chi connectivity index (χ0) is 10.2. The molecule has 1 fully saturated rings. The van der Waals surface area contributed by atoms with Crippen LogP contribution in [0.3, 0.4) is 0 Å². The Morgan fingerprint density at radius 3 is 2.14 bits per heavy atom. The summed E-state index contributed by atoms with van der Waals surface area (Å²) in [7, 11) is 0. The lowest BCUT2D eigenvalue weighted by Gasteiger charge is -2.09. The normalized spacial score (nSPS) is 16.1. The van der Waals surface area contributed by atoms with Crippen molar-refractivity contribution in [1.29, 1.82) is 0 Å². The molecule has 1 unspecified atom stereocenters. The van der Waals surface area contributed by atoms with Gasteiger partial charge in [-0.3, -0.25) is 0 Å². The summed E-state index contributed by atoms with van der Waals surface area (Å²) in [5.41, 5.74) is 1.00. The number of nitrogens with one attached hydrogen (secondary N) is 1. The van der Waals surface area contributed by atoms with Crippen molar-refractivity contribution in [3.8, 4) is 0 Å². The van der Waals surface area contributed by atoms with Crippen molar-refractivity contribution in [2.75, 3.05) is 13.1 Å². The van der Waals surface area contributed by atoms with Crippen LogP contribution in [0.25, 0.3) is 0 Å². The molecule has 2 heteroatoms. The number of rotatable bonds is 2. The van der Waals surface area contributed by atoms with Crippen LogP contribution in [0, 0.1) is 0 Å². The zero-order valence-electron chi connectivity index (χ0n) is 8.74. The van der Waals surface area contributed by atoms with Gasteiger partial charge in [0.1, 0.15) is 0 Å². The smallest absolute Gasteiger partial charge is 0.0787 e. The fourth-order valence-electron chi connectivity index (χ4n) is 1.09. The molecule has 14 heavy (non-hydrogen) atoms. The van der Waals surface area contributed by atoms with Crippen molar-refractivity contribution in [2.24, 2.45) is 0 Å². The highest BCUT2D eigenvalue weighted by molar-refractivity contribution is 5.16. The summed E-state index contributed by atoms with van der Waals surface area (Å²) in [6.45, 7) is 4.47. The lowest BCUT2D eigenvalue weighted by Crippen LogP contribution is -2.29. The Morgan fingerprint density at radius 2 is 1.79 bits per heavy atom. The van der Waals surface area contributed by atoms with Crippen LogP contribution in [-0.4, -0.2) is 18.2 Å². The Labute approximate surface area is 86.0 Å². The molecule has 1 aromatic rings. The molecule has 0 radical (unpaired) electrons. The molecule has 0 aliphatic carbocycles. The molecule has 0 aromatic heterocycles. The SMILES string of the molecule is C1CNC1.CCC(O)c1ccccc1. The topological polar surface area (TPSA) is 32.3 Å². The van der Waals surface area contributed by atoms with E-state index in [9.17, 15) is 5.11 Å². The molecule has 2 rings (SSSR count). The Bertz CT molecular complexity index is 227. The van der Waals surface area contributed by atoms with Gasteiger partial charge < -0.3 is 10.4 Å². The van der Waals surface area contributed by atoms with Gasteiger partial charge in [-0.15, -0.1) is 0 Å². The van der Waals surface area contributed by atoms with Crippen LogP contribution < -0.4 is 5.32 Å². The number of benzene rings is 1. The minimum atomic E-state index is -0.291. The Kier molecular flexibility index (Phi) is 5.27. The van der Waals surface area contributed by atoms with Gasteiger partial charge in [0.05, 0.1) is 6.10 Å². The molecule has 78 valence electrons. The van der Waals surface area contributed by atoms with Crippen LogP contribution >= 0.6 is 0 Å². The first-order chi connectivity index (χ1) is 6.84. The number of aliphatic hydroxyl groups excluding tert-OH is 1. The molecular formula is C12H19NO. The second kappa shape index (κ2) is 6.57. The minimum absolute atomic E-state index is 0.291. The highest BCUT2D eigenvalue weighted by atomic mass is 16.3. The van der Waals surface area contributed by atoms with Gasteiger partial charge in [0.2, 0.25) is 0 Å². The predicted molar refractivity (Wildman–Crippen MR) is 59.2 cm³/mol. The van der Waals surface area contributed by atoms with Gasteiger partial charge in [0.15, 0.2) is 0 Å². The maximum atomic E-state index is 9.33. The molecule has 0 bridgehead atoms. The van der Waals surface area contributed by atoms with E-state index in [1.54, 1.807) is 0 Å². The Hall–Kier alpha value is -0.860. The number of aliphatic hydroxyl groups is 1. The number of hydrogen-bond donors (Lipinski definition) is 2. The first-order valence-electron chi connectivity index (χ1n) is 5.28. The van der Waals surface area contributed by atoms with Crippen molar-refractivity contribution >= 4 is 0 Å². The van der Waals surface area contributed by atoms with Crippen LogP contribution in [0.15, 0.2) is 30.3 Å². The van der Waals surface area contributed by atoms with E-state index >= 15 is 0 Å². The highest BCUT2D eigenvalue weighted by Crippen LogP contribution is 2.14. The maximum absolute atomic E-state index is 9.33. The lowest BCUT2D eigenvalue weighted by molar-refractivity contribution is 0.173. The van der Waals surface area contributed by atoms with Gasteiger partial charge in [0, 0.05) is 0 Å². The van der Waals surface area contributed by atoms with Gasteiger partial charge in [-0.2, -0.15) is 0 Å². The maximum Gasteiger partial charge on any atom is 0.0787 e. The molecule has 1 saturated heterocycles. The van der Waals surface area contributed by atoms with Gasteiger partial charge in [-0.1, -0.05) is 37.3 Å². The van der Waals surface area contributed by atoms with Crippen LogP contribution in [0.1, 0.15) is 31.4 Å². The summed E-state index contributed by atoms with van der Waals surface area (Å²) >= 11 is 0.